The predicted molar refractivity (Wildman–Crippen MR) is 99.3 cm³/mol. The minimum atomic E-state index is -0.603. The number of benzene rings is 1. The largest absolute Gasteiger partial charge is 0.486 e. The average molecular weight is 369 g/mol. The Hall–Kier alpha value is -2.63. The summed E-state index contributed by atoms with van der Waals surface area (Å²) in [6.07, 6.45) is 2.05. The van der Waals surface area contributed by atoms with Crippen molar-refractivity contribution in [2.75, 3.05) is 19.8 Å². The van der Waals surface area contributed by atoms with Gasteiger partial charge >= 0.3 is 5.97 Å². The predicted octanol–water partition coefficient (Wildman–Crippen LogP) is 3.20. The number of allylic oxidation sites excluding steroid dienone is 2. The van der Waals surface area contributed by atoms with E-state index < -0.39 is 11.8 Å². The van der Waals surface area contributed by atoms with Gasteiger partial charge in [-0.1, -0.05) is 6.07 Å². The Morgan fingerprint density at radius 3 is 2.78 bits per heavy atom. The molecule has 0 aromatic heterocycles. The van der Waals surface area contributed by atoms with Crippen molar-refractivity contribution in [2.24, 2.45) is 10.9 Å². The summed E-state index contributed by atoms with van der Waals surface area (Å²) in [5.41, 5.74) is 3.02. The molecule has 0 bridgehead atoms. The van der Waals surface area contributed by atoms with E-state index in [1.807, 2.05) is 25.1 Å². The normalized spacial score (nSPS) is 24.2. The van der Waals surface area contributed by atoms with Crippen molar-refractivity contribution >= 4 is 17.5 Å². The van der Waals surface area contributed by atoms with Gasteiger partial charge in [-0.3, -0.25) is 14.6 Å². The molecule has 0 saturated carbocycles. The third-order valence-electron chi connectivity index (χ3n) is 5.30. The van der Waals surface area contributed by atoms with Crippen LogP contribution in [0, 0.1) is 5.92 Å². The fourth-order valence-electron chi connectivity index (χ4n) is 4.16. The van der Waals surface area contributed by atoms with Gasteiger partial charge in [-0.05, 0) is 44.4 Å². The lowest BCUT2D eigenvalue weighted by Gasteiger charge is -2.34. The van der Waals surface area contributed by atoms with Crippen LogP contribution < -0.4 is 9.47 Å². The zero-order valence-electron chi connectivity index (χ0n) is 15.6. The molecular formula is C21H23NO5. The summed E-state index contributed by atoms with van der Waals surface area (Å²) in [6, 6.07) is 5.65. The molecule has 0 N–H and O–H groups in total. The second-order valence-electron chi connectivity index (χ2n) is 7.00. The van der Waals surface area contributed by atoms with E-state index in [0.717, 1.165) is 24.1 Å². The second kappa shape index (κ2) is 7.18. The monoisotopic (exact) mass is 369 g/mol. The van der Waals surface area contributed by atoms with Crippen LogP contribution in [0.2, 0.25) is 0 Å². The Morgan fingerprint density at radius 1 is 1.22 bits per heavy atom. The second-order valence-corrected chi connectivity index (χ2v) is 7.00. The summed E-state index contributed by atoms with van der Waals surface area (Å²) in [7, 11) is 0. The van der Waals surface area contributed by atoms with E-state index in [1.54, 1.807) is 6.92 Å². The van der Waals surface area contributed by atoms with Gasteiger partial charge in [0.2, 0.25) is 0 Å². The molecule has 3 aliphatic rings. The van der Waals surface area contributed by atoms with Gasteiger partial charge in [-0.15, -0.1) is 0 Å². The first kappa shape index (κ1) is 17.8. The Labute approximate surface area is 158 Å². The van der Waals surface area contributed by atoms with Gasteiger partial charge in [0.15, 0.2) is 17.3 Å². The van der Waals surface area contributed by atoms with Crippen LogP contribution in [0.15, 0.2) is 34.5 Å². The molecule has 142 valence electrons. The molecule has 0 fully saturated rings. The molecule has 1 aliphatic carbocycles. The van der Waals surface area contributed by atoms with Crippen LogP contribution in [0.25, 0.3) is 0 Å². The number of carbonyl (C=O) groups is 2. The number of rotatable bonds is 3. The van der Waals surface area contributed by atoms with E-state index >= 15 is 0 Å². The maximum absolute atomic E-state index is 12.8. The highest BCUT2D eigenvalue weighted by molar-refractivity contribution is 6.08. The maximum Gasteiger partial charge on any atom is 0.315 e. The molecule has 0 spiro atoms. The fourth-order valence-corrected chi connectivity index (χ4v) is 4.16. The number of esters is 1. The fraction of sp³-hybridized carbons (Fsp3) is 0.476. The number of nitrogens with zero attached hydrogens (tertiary/aromatic N) is 1. The third-order valence-corrected chi connectivity index (χ3v) is 5.30. The van der Waals surface area contributed by atoms with Gasteiger partial charge in [0.1, 0.15) is 19.1 Å². The zero-order chi connectivity index (χ0) is 19.0. The van der Waals surface area contributed by atoms with Crippen molar-refractivity contribution < 1.29 is 23.8 Å². The van der Waals surface area contributed by atoms with Crippen molar-refractivity contribution in [1.29, 1.82) is 0 Å². The summed E-state index contributed by atoms with van der Waals surface area (Å²) < 4.78 is 16.6. The number of Topliss-reactive ketones (excluding diaryl/α,β-unsaturated/α-hetero) is 1. The lowest BCUT2D eigenvalue weighted by molar-refractivity contribution is -0.146. The van der Waals surface area contributed by atoms with Gasteiger partial charge < -0.3 is 14.2 Å². The van der Waals surface area contributed by atoms with Crippen LogP contribution in [-0.4, -0.2) is 37.3 Å². The molecule has 0 saturated heterocycles. The molecular weight excluding hydrogens is 346 g/mol. The van der Waals surface area contributed by atoms with Gasteiger partial charge in [-0.25, -0.2) is 0 Å². The van der Waals surface area contributed by atoms with E-state index in [1.165, 1.54) is 0 Å². The smallest absolute Gasteiger partial charge is 0.315 e. The van der Waals surface area contributed by atoms with Crippen LogP contribution in [0.4, 0.5) is 0 Å². The number of hydrogen-bond donors (Lipinski definition) is 0. The number of aliphatic imine (C=N–C) groups is 1. The molecule has 27 heavy (non-hydrogen) atoms. The number of ketones is 1. The zero-order valence-corrected chi connectivity index (χ0v) is 15.6. The summed E-state index contributed by atoms with van der Waals surface area (Å²) >= 11 is 0. The van der Waals surface area contributed by atoms with Gasteiger partial charge in [0.05, 0.1) is 6.61 Å². The van der Waals surface area contributed by atoms with Crippen molar-refractivity contribution in [2.45, 2.75) is 39.0 Å². The van der Waals surface area contributed by atoms with Gasteiger partial charge in [-0.2, -0.15) is 0 Å². The minimum absolute atomic E-state index is 0.0710. The van der Waals surface area contributed by atoms with Crippen molar-refractivity contribution in [3.63, 3.8) is 0 Å². The van der Waals surface area contributed by atoms with E-state index in [4.69, 9.17) is 14.2 Å². The molecule has 4 rings (SSSR count). The van der Waals surface area contributed by atoms with Crippen LogP contribution in [0.1, 0.15) is 44.6 Å². The summed E-state index contributed by atoms with van der Waals surface area (Å²) in [4.78, 5) is 30.2. The molecule has 2 atom stereocenters. The number of hydrogen-bond acceptors (Lipinski definition) is 6. The van der Waals surface area contributed by atoms with Crippen LogP contribution >= 0.6 is 0 Å². The lowest BCUT2D eigenvalue weighted by Crippen LogP contribution is -2.37. The molecule has 2 heterocycles. The highest BCUT2D eigenvalue weighted by Crippen LogP contribution is 2.45. The van der Waals surface area contributed by atoms with Crippen LogP contribution in [-0.2, 0) is 14.3 Å². The summed E-state index contributed by atoms with van der Waals surface area (Å²) in [5, 5.41) is 0. The maximum atomic E-state index is 12.8. The number of ether oxygens (including phenoxy) is 3. The standard InChI is InChI=1S/C21H23NO5/c1-3-25-21(24)18-12(2)22-14-5-4-6-15(23)20(14)19(18)13-7-8-16-17(11-13)27-10-9-26-16/h7-8,11,18-19H,3-6,9-10H2,1-2H3/t18?,19-/m1/s1. The van der Waals surface area contributed by atoms with Crippen molar-refractivity contribution in [1.82, 2.24) is 0 Å². The Balaban J connectivity index is 1.84. The molecule has 1 unspecified atom stereocenters. The highest BCUT2D eigenvalue weighted by Gasteiger charge is 2.43. The van der Waals surface area contributed by atoms with E-state index in [9.17, 15) is 9.59 Å². The molecule has 6 nitrogen and oxygen atoms in total. The van der Waals surface area contributed by atoms with E-state index in [0.29, 0.717) is 42.4 Å². The first-order valence-electron chi connectivity index (χ1n) is 9.47. The Kier molecular flexibility index (Phi) is 4.72. The Bertz CT molecular complexity index is 854. The van der Waals surface area contributed by atoms with Crippen molar-refractivity contribution in [3.05, 3.63) is 35.0 Å². The summed E-state index contributed by atoms with van der Waals surface area (Å²) in [6.45, 7) is 4.91. The van der Waals surface area contributed by atoms with Crippen LogP contribution in [0.5, 0.6) is 11.5 Å². The molecule has 0 radical (unpaired) electrons. The molecule has 6 heteroatoms. The number of fused-ring (bicyclic) bond motifs is 1. The van der Waals surface area contributed by atoms with Crippen LogP contribution in [0.3, 0.4) is 0 Å². The third kappa shape index (κ3) is 3.13. The lowest BCUT2D eigenvalue weighted by atomic mass is 9.71. The number of carbonyl (C=O) groups excluding carboxylic acids is 2. The summed E-state index contributed by atoms with van der Waals surface area (Å²) in [5.74, 6) is 0.0497. The highest BCUT2D eigenvalue weighted by atomic mass is 16.6. The Morgan fingerprint density at radius 2 is 2.00 bits per heavy atom. The van der Waals surface area contributed by atoms with E-state index in [-0.39, 0.29) is 18.4 Å². The molecule has 1 aromatic rings. The first-order chi connectivity index (χ1) is 13.1. The molecule has 2 aliphatic heterocycles. The van der Waals surface area contributed by atoms with E-state index in [2.05, 4.69) is 4.99 Å². The molecule has 1 aromatic carbocycles. The SMILES string of the molecule is CCOC(=O)C1C(C)=NC2=C(C(=O)CCC2)[C@@H]1c1ccc2c(c1)OCCO2. The van der Waals surface area contributed by atoms with Crippen molar-refractivity contribution in [3.8, 4) is 11.5 Å². The molecule has 0 amide bonds. The first-order valence-corrected chi connectivity index (χ1v) is 9.47. The average Bonchev–Trinajstić information content (AvgIpc) is 2.67. The topological polar surface area (TPSA) is 74.2 Å². The van der Waals surface area contributed by atoms with Gasteiger partial charge in [0.25, 0.3) is 0 Å². The quantitative estimate of drug-likeness (QED) is 0.765. The minimum Gasteiger partial charge on any atom is -0.486 e. The van der Waals surface area contributed by atoms with Gasteiger partial charge in [0, 0.05) is 29.3 Å².